The van der Waals surface area contributed by atoms with Gasteiger partial charge in [-0.1, -0.05) is 0 Å². The quantitative estimate of drug-likeness (QED) is 0.681. The first-order chi connectivity index (χ1) is 13.2. The Kier molecular flexibility index (Phi) is 6.77. The second-order valence-electron chi connectivity index (χ2n) is 7.76. The third-order valence-corrected chi connectivity index (χ3v) is 6.93. The zero-order chi connectivity index (χ0) is 20.3. The fraction of sp³-hybridized carbons (Fsp3) is 0.526. The van der Waals surface area contributed by atoms with Crippen LogP contribution in [0.25, 0.3) is 9.88 Å². The molecule has 1 aliphatic heterocycles. The van der Waals surface area contributed by atoms with Crippen molar-refractivity contribution < 1.29 is 14.3 Å². The number of carbonyl (C=O) groups excluding carboxylic acids is 2. The Morgan fingerprint density at radius 1 is 1.29 bits per heavy atom. The average molecular weight is 486 g/mol. The summed E-state index contributed by atoms with van der Waals surface area (Å²) in [6, 6.07) is 2.11. The summed E-state index contributed by atoms with van der Waals surface area (Å²) in [7, 11) is 0. The first kappa shape index (κ1) is 21.3. The van der Waals surface area contributed by atoms with Gasteiger partial charge in [0.05, 0.1) is 17.0 Å². The molecule has 9 heteroatoms. The first-order valence-electron chi connectivity index (χ1n) is 9.16. The molecule has 3 heterocycles. The molecule has 2 amide bonds. The van der Waals surface area contributed by atoms with Crippen molar-refractivity contribution in [3.8, 4) is 9.88 Å². The predicted octanol–water partition coefficient (Wildman–Crippen LogP) is 4.69. The molecule has 0 spiro atoms. The fourth-order valence-electron chi connectivity index (χ4n) is 2.90. The zero-order valence-electron chi connectivity index (χ0n) is 16.2. The van der Waals surface area contributed by atoms with Crippen molar-refractivity contribution in [1.82, 2.24) is 15.2 Å². The number of likely N-dealkylation sites (tertiary alicyclic amines) is 1. The van der Waals surface area contributed by atoms with Crippen LogP contribution >= 0.6 is 38.6 Å². The fourth-order valence-corrected chi connectivity index (χ4v) is 5.23. The smallest absolute Gasteiger partial charge is 0.410 e. The van der Waals surface area contributed by atoms with E-state index in [0.717, 1.165) is 32.9 Å². The lowest BCUT2D eigenvalue weighted by molar-refractivity contribution is -0.121. The van der Waals surface area contributed by atoms with Gasteiger partial charge in [-0.25, -0.2) is 9.78 Å². The van der Waals surface area contributed by atoms with E-state index >= 15 is 0 Å². The summed E-state index contributed by atoms with van der Waals surface area (Å²) in [5.74, 6) is -0.0278. The van der Waals surface area contributed by atoms with E-state index in [-0.39, 0.29) is 24.5 Å². The highest BCUT2D eigenvalue weighted by Crippen LogP contribution is 2.32. The van der Waals surface area contributed by atoms with Crippen molar-refractivity contribution in [2.24, 2.45) is 0 Å². The van der Waals surface area contributed by atoms with E-state index in [1.54, 1.807) is 27.6 Å². The summed E-state index contributed by atoms with van der Waals surface area (Å²) in [6.45, 7) is 6.76. The maximum Gasteiger partial charge on any atom is 0.410 e. The molecule has 0 aliphatic carbocycles. The number of thiazole rings is 1. The van der Waals surface area contributed by atoms with Crippen molar-refractivity contribution in [2.75, 3.05) is 13.1 Å². The molecule has 2 aromatic heterocycles. The number of amides is 2. The Bertz CT molecular complexity index is 836. The molecule has 0 radical (unpaired) electrons. The molecule has 1 fully saturated rings. The van der Waals surface area contributed by atoms with E-state index in [1.165, 1.54) is 0 Å². The van der Waals surface area contributed by atoms with Crippen LogP contribution in [0.1, 0.15) is 39.3 Å². The van der Waals surface area contributed by atoms with Gasteiger partial charge in [0, 0.05) is 34.4 Å². The highest BCUT2D eigenvalue weighted by molar-refractivity contribution is 9.10. The number of aromatic nitrogens is 1. The van der Waals surface area contributed by atoms with Crippen LogP contribution in [0, 0.1) is 0 Å². The predicted molar refractivity (Wildman–Crippen MR) is 116 cm³/mol. The Balaban J connectivity index is 1.45. The van der Waals surface area contributed by atoms with Gasteiger partial charge in [-0.3, -0.25) is 4.79 Å². The van der Waals surface area contributed by atoms with Gasteiger partial charge in [0.1, 0.15) is 10.6 Å². The van der Waals surface area contributed by atoms with Crippen molar-refractivity contribution in [2.45, 2.75) is 51.7 Å². The highest BCUT2D eigenvalue weighted by Gasteiger charge is 2.27. The second kappa shape index (κ2) is 8.92. The lowest BCUT2D eigenvalue weighted by atomic mass is 10.1. The molecule has 0 atom stereocenters. The maximum absolute atomic E-state index is 12.4. The summed E-state index contributed by atoms with van der Waals surface area (Å²) >= 11 is 6.63. The first-order valence-corrected chi connectivity index (χ1v) is 11.7. The molecular weight excluding hydrogens is 462 g/mol. The van der Waals surface area contributed by atoms with E-state index in [0.29, 0.717) is 13.1 Å². The van der Waals surface area contributed by atoms with Gasteiger partial charge in [-0.2, -0.15) is 0 Å². The molecule has 1 aliphatic rings. The highest BCUT2D eigenvalue weighted by atomic mass is 79.9. The number of piperidine rings is 1. The van der Waals surface area contributed by atoms with E-state index < -0.39 is 5.60 Å². The number of thiophene rings is 1. The second-order valence-corrected chi connectivity index (χ2v) is 10.4. The maximum atomic E-state index is 12.4. The zero-order valence-corrected chi connectivity index (χ0v) is 19.4. The van der Waals surface area contributed by atoms with Crippen LogP contribution in [0.15, 0.2) is 21.3 Å². The van der Waals surface area contributed by atoms with Gasteiger partial charge in [0.15, 0.2) is 0 Å². The molecule has 1 N–H and O–H groups in total. The monoisotopic (exact) mass is 485 g/mol. The van der Waals surface area contributed by atoms with Crippen LogP contribution in [-0.4, -0.2) is 46.6 Å². The van der Waals surface area contributed by atoms with Gasteiger partial charge in [-0.05, 0) is 55.6 Å². The molecular formula is C19H24BrN3O3S2. The van der Waals surface area contributed by atoms with Crippen molar-refractivity contribution in [3.05, 3.63) is 27.0 Å². The molecule has 28 heavy (non-hydrogen) atoms. The van der Waals surface area contributed by atoms with E-state index in [1.807, 2.05) is 37.6 Å². The molecule has 0 saturated carbocycles. The van der Waals surface area contributed by atoms with Crippen LogP contribution in [0.4, 0.5) is 4.79 Å². The van der Waals surface area contributed by atoms with E-state index in [9.17, 15) is 9.59 Å². The number of halogens is 1. The van der Waals surface area contributed by atoms with Crippen LogP contribution in [0.5, 0.6) is 0 Å². The minimum absolute atomic E-state index is 0.0278. The Morgan fingerprint density at radius 3 is 2.61 bits per heavy atom. The van der Waals surface area contributed by atoms with Gasteiger partial charge in [-0.15, -0.1) is 22.7 Å². The van der Waals surface area contributed by atoms with Crippen molar-refractivity contribution in [3.63, 3.8) is 0 Å². The normalized spacial score (nSPS) is 15.5. The van der Waals surface area contributed by atoms with Crippen molar-refractivity contribution in [1.29, 1.82) is 0 Å². The topological polar surface area (TPSA) is 71.5 Å². The van der Waals surface area contributed by atoms with Gasteiger partial charge < -0.3 is 15.0 Å². The number of hydrogen-bond acceptors (Lipinski definition) is 6. The van der Waals surface area contributed by atoms with Crippen LogP contribution in [0.2, 0.25) is 0 Å². The lowest BCUT2D eigenvalue weighted by Gasteiger charge is -2.33. The third kappa shape index (κ3) is 6.02. The van der Waals surface area contributed by atoms with Crippen LogP contribution in [-0.2, 0) is 16.0 Å². The van der Waals surface area contributed by atoms with E-state index in [4.69, 9.17) is 4.74 Å². The molecule has 0 bridgehead atoms. The summed E-state index contributed by atoms with van der Waals surface area (Å²) in [5, 5.41) is 7.96. The average Bonchev–Trinajstić information content (AvgIpc) is 3.22. The molecule has 6 nitrogen and oxygen atoms in total. The molecule has 0 aromatic carbocycles. The Hall–Kier alpha value is -1.45. The number of ether oxygens (including phenoxy) is 1. The lowest BCUT2D eigenvalue weighted by Crippen LogP contribution is -2.48. The number of nitrogens with one attached hydrogen (secondary N) is 1. The summed E-state index contributed by atoms with van der Waals surface area (Å²) in [6.07, 6.45) is 1.45. The SMILES string of the molecule is CC(C)(C)OC(=O)N1CCC(NC(=O)Cc2csc(-c3cc(Br)cs3)n2)CC1. The Labute approximate surface area is 181 Å². The largest absolute Gasteiger partial charge is 0.444 e. The molecule has 0 unspecified atom stereocenters. The standard InChI is InChI=1S/C19H24BrN3O3S2/c1-19(2,3)26-18(25)23-6-4-13(5-7-23)21-16(24)9-14-11-28-17(22-14)15-8-12(20)10-27-15/h8,10-11,13H,4-7,9H2,1-3H3,(H,21,24). The van der Waals surface area contributed by atoms with Crippen LogP contribution in [0.3, 0.4) is 0 Å². The summed E-state index contributed by atoms with van der Waals surface area (Å²) in [4.78, 5) is 31.9. The summed E-state index contributed by atoms with van der Waals surface area (Å²) < 4.78 is 6.44. The number of hydrogen-bond donors (Lipinski definition) is 1. The van der Waals surface area contributed by atoms with Crippen molar-refractivity contribution >= 4 is 50.6 Å². The molecule has 3 rings (SSSR count). The third-order valence-electron chi connectivity index (χ3n) is 4.18. The number of nitrogens with zero attached hydrogens (tertiary/aromatic N) is 2. The minimum atomic E-state index is -0.492. The van der Waals surface area contributed by atoms with Gasteiger partial charge in [0.25, 0.3) is 0 Å². The number of rotatable bonds is 4. The van der Waals surface area contributed by atoms with Gasteiger partial charge in [0.2, 0.25) is 5.91 Å². The number of carbonyl (C=O) groups is 2. The molecule has 152 valence electrons. The molecule has 1 saturated heterocycles. The van der Waals surface area contributed by atoms with Crippen LogP contribution < -0.4 is 5.32 Å². The Morgan fingerprint density at radius 2 is 2.00 bits per heavy atom. The minimum Gasteiger partial charge on any atom is -0.444 e. The van der Waals surface area contributed by atoms with Gasteiger partial charge >= 0.3 is 6.09 Å². The van der Waals surface area contributed by atoms with E-state index in [2.05, 4.69) is 26.2 Å². The summed E-state index contributed by atoms with van der Waals surface area (Å²) in [5.41, 5.74) is 0.293. The molecule has 2 aromatic rings.